The van der Waals surface area contributed by atoms with E-state index in [1.807, 2.05) is 12.1 Å². The summed E-state index contributed by atoms with van der Waals surface area (Å²) in [6.45, 7) is 1.56. The lowest BCUT2D eigenvalue weighted by molar-refractivity contribution is 0.00717. The predicted molar refractivity (Wildman–Crippen MR) is 66.7 cm³/mol. The number of ether oxygens (including phenoxy) is 1. The summed E-state index contributed by atoms with van der Waals surface area (Å²) < 4.78 is 5.31. The van der Waals surface area contributed by atoms with E-state index >= 15 is 0 Å². The molecule has 1 aromatic carbocycles. The summed E-state index contributed by atoms with van der Waals surface area (Å²) in [5.41, 5.74) is 1.03. The van der Waals surface area contributed by atoms with Gasteiger partial charge in [0.15, 0.2) is 0 Å². The summed E-state index contributed by atoms with van der Waals surface area (Å²) in [5.74, 6) is 0.355. The highest BCUT2D eigenvalue weighted by Crippen LogP contribution is 2.30. The molecule has 2 rings (SSSR count). The van der Waals surface area contributed by atoms with Crippen molar-refractivity contribution in [3.8, 4) is 0 Å². The first-order chi connectivity index (χ1) is 7.81. The van der Waals surface area contributed by atoms with E-state index in [-0.39, 0.29) is 6.10 Å². The molecule has 1 aromatic rings. The van der Waals surface area contributed by atoms with Gasteiger partial charge in [0, 0.05) is 18.1 Å². The minimum absolute atomic E-state index is 0.334. The van der Waals surface area contributed by atoms with Gasteiger partial charge in [-0.3, -0.25) is 0 Å². The molecule has 88 valence electrons. The van der Waals surface area contributed by atoms with E-state index in [4.69, 9.17) is 4.74 Å². The monoisotopic (exact) mass is 238 g/mol. The van der Waals surface area contributed by atoms with Crippen LogP contribution in [0.4, 0.5) is 0 Å². The van der Waals surface area contributed by atoms with Crippen molar-refractivity contribution in [2.45, 2.75) is 23.8 Å². The number of hydrogen-bond acceptors (Lipinski definition) is 3. The van der Waals surface area contributed by atoms with Crippen LogP contribution in [0.1, 0.15) is 24.5 Å². The number of thioether (sulfide) groups is 1. The molecular formula is C13H18O2S. The van der Waals surface area contributed by atoms with Crippen molar-refractivity contribution >= 4 is 11.8 Å². The quantitative estimate of drug-likeness (QED) is 0.821. The van der Waals surface area contributed by atoms with Gasteiger partial charge < -0.3 is 9.84 Å². The Morgan fingerprint density at radius 3 is 2.44 bits per heavy atom. The van der Waals surface area contributed by atoms with E-state index in [0.29, 0.717) is 5.92 Å². The van der Waals surface area contributed by atoms with Gasteiger partial charge in [0.2, 0.25) is 0 Å². The molecule has 1 aliphatic heterocycles. The molecule has 0 aliphatic carbocycles. The highest BCUT2D eigenvalue weighted by molar-refractivity contribution is 7.98. The Bertz CT molecular complexity index is 317. The summed E-state index contributed by atoms with van der Waals surface area (Å²) in [5, 5.41) is 10.2. The molecular weight excluding hydrogens is 220 g/mol. The van der Waals surface area contributed by atoms with E-state index in [1.54, 1.807) is 11.8 Å². The second-order valence-corrected chi connectivity index (χ2v) is 5.05. The molecule has 1 saturated heterocycles. The van der Waals surface area contributed by atoms with Gasteiger partial charge in [0.1, 0.15) is 0 Å². The smallest absolute Gasteiger partial charge is 0.0819 e. The third-order valence-electron chi connectivity index (χ3n) is 3.17. The maximum Gasteiger partial charge on any atom is 0.0819 e. The Balaban J connectivity index is 2.04. The lowest BCUT2D eigenvalue weighted by atomic mass is 9.89. The van der Waals surface area contributed by atoms with E-state index in [1.165, 1.54) is 4.90 Å². The molecule has 0 amide bonds. The van der Waals surface area contributed by atoms with Gasteiger partial charge in [0.25, 0.3) is 0 Å². The zero-order valence-electron chi connectivity index (χ0n) is 9.56. The molecule has 1 atom stereocenters. The van der Waals surface area contributed by atoms with Gasteiger partial charge in [-0.05, 0) is 42.7 Å². The maximum absolute atomic E-state index is 10.2. The van der Waals surface area contributed by atoms with Gasteiger partial charge in [-0.2, -0.15) is 0 Å². The van der Waals surface area contributed by atoms with E-state index in [2.05, 4.69) is 18.4 Å². The molecule has 0 bridgehead atoms. The van der Waals surface area contributed by atoms with Crippen LogP contribution >= 0.6 is 11.8 Å². The van der Waals surface area contributed by atoms with Gasteiger partial charge in [-0.1, -0.05) is 12.1 Å². The largest absolute Gasteiger partial charge is 0.388 e. The molecule has 1 heterocycles. The maximum atomic E-state index is 10.2. The van der Waals surface area contributed by atoms with Crippen molar-refractivity contribution in [1.82, 2.24) is 0 Å². The zero-order chi connectivity index (χ0) is 11.4. The molecule has 1 aliphatic rings. The number of hydrogen-bond donors (Lipinski definition) is 1. The molecule has 1 N–H and O–H groups in total. The van der Waals surface area contributed by atoms with E-state index in [0.717, 1.165) is 31.6 Å². The van der Waals surface area contributed by atoms with Crippen LogP contribution in [0.25, 0.3) is 0 Å². The standard InChI is InChI=1S/C13H18O2S/c1-16-12-4-2-10(3-5-12)13(14)11-6-8-15-9-7-11/h2-5,11,13-14H,6-9H2,1H3. The molecule has 0 spiro atoms. The van der Waals surface area contributed by atoms with Crippen LogP contribution in [-0.4, -0.2) is 24.6 Å². The second kappa shape index (κ2) is 5.71. The Morgan fingerprint density at radius 2 is 1.88 bits per heavy atom. The van der Waals surface area contributed by atoms with Crippen LogP contribution in [0.15, 0.2) is 29.2 Å². The topological polar surface area (TPSA) is 29.5 Å². The molecule has 1 unspecified atom stereocenters. The van der Waals surface area contributed by atoms with Crippen molar-refractivity contribution in [3.63, 3.8) is 0 Å². The fourth-order valence-corrected chi connectivity index (χ4v) is 2.51. The molecule has 0 saturated carbocycles. The lowest BCUT2D eigenvalue weighted by Gasteiger charge is -2.27. The minimum Gasteiger partial charge on any atom is -0.388 e. The SMILES string of the molecule is CSc1ccc(C(O)C2CCOCC2)cc1. The van der Waals surface area contributed by atoms with Crippen molar-refractivity contribution in [2.75, 3.05) is 19.5 Å². The molecule has 3 heteroatoms. The third-order valence-corrected chi connectivity index (χ3v) is 3.91. The highest BCUT2D eigenvalue weighted by atomic mass is 32.2. The average Bonchev–Trinajstić information content (AvgIpc) is 2.39. The molecule has 0 aromatic heterocycles. The Labute approximate surface area is 101 Å². The van der Waals surface area contributed by atoms with Gasteiger partial charge in [0.05, 0.1) is 6.10 Å². The lowest BCUT2D eigenvalue weighted by Crippen LogP contribution is -2.21. The van der Waals surface area contributed by atoms with Gasteiger partial charge in [-0.25, -0.2) is 0 Å². The molecule has 2 nitrogen and oxygen atoms in total. The highest BCUT2D eigenvalue weighted by Gasteiger charge is 2.23. The Kier molecular flexibility index (Phi) is 4.27. The first-order valence-electron chi connectivity index (χ1n) is 5.71. The number of aliphatic hydroxyl groups excluding tert-OH is 1. The van der Waals surface area contributed by atoms with Crippen LogP contribution in [0.3, 0.4) is 0 Å². The van der Waals surface area contributed by atoms with Crippen molar-refractivity contribution < 1.29 is 9.84 Å². The first kappa shape index (κ1) is 12.0. The van der Waals surface area contributed by atoms with Crippen molar-refractivity contribution in [1.29, 1.82) is 0 Å². The summed E-state index contributed by atoms with van der Waals surface area (Å²) in [4.78, 5) is 1.24. The summed E-state index contributed by atoms with van der Waals surface area (Å²) in [6.07, 6.45) is 3.65. The number of rotatable bonds is 3. The summed E-state index contributed by atoms with van der Waals surface area (Å²) in [7, 11) is 0. The predicted octanol–water partition coefficient (Wildman–Crippen LogP) is 2.87. The van der Waals surface area contributed by atoms with Crippen LogP contribution in [-0.2, 0) is 4.74 Å². The Morgan fingerprint density at radius 1 is 1.25 bits per heavy atom. The van der Waals surface area contributed by atoms with Crippen molar-refractivity contribution in [2.24, 2.45) is 5.92 Å². The van der Waals surface area contributed by atoms with E-state index < -0.39 is 0 Å². The van der Waals surface area contributed by atoms with Gasteiger partial charge in [-0.15, -0.1) is 11.8 Å². The fourth-order valence-electron chi connectivity index (χ4n) is 2.10. The number of aliphatic hydroxyl groups is 1. The average molecular weight is 238 g/mol. The van der Waals surface area contributed by atoms with Crippen LogP contribution in [0.2, 0.25) is 0 Å². The summed E-state index contributed by atoms with van der Waals surface area (Å²) >= 11 is 1.72. The second-order valence-electron chi connectivity index (χ2n) is 4.17. The van der Waals surface area contributed by atoms with Crippen LogP contribution < -0.4 is 0 Å². The Hall–Kier alpha value is -0.510. The molecule has 0 radical (unpaired) electrons. The minimum atomic E-state index is -0.334. The van der Waals surface area contributed by atoms with Crippen LogP contribution in [0.5, 0.6) is 0 Å². The van der Waals surface area contributed by atoms with Gasteiger partial charge >= 0.3 is 0 Å². The number of benzene rings is 1. The third kappa shape index (κ3) is 2.78. The zero-order valence-corrected chi connectivity index (χ0v) is 10.4. The van der Waals surface area contributed by atoms with E-state index in [9.17, 15) is 5.11 Å². The van der Waals surface area contributed by atoms with Crippen molar-refractivity contribution in [3.05, 3.63) is 29.8 Å². The molecule has 16 heavy (non-hydrogen) atoms. The first-order valence-corrected chi connectivity index (χ1v) is 6.93. The summed E-state index contributed by atoms with van der Waals surface area (Å²) in [6, 6.07) is 8.21. The fraction of sp³-hybridized carbons (Fsp3) is 0.538. The van der Waals surface area contributed by atoms with Crippen LogP contribution in [0, 0.1) is 5.92 Å². The molecule has 1 fully saturated rings. The normalized spacial score (nSPS) is 19.6.